The molecule has 1 aromatic carbocycles. The standard InChI is InChI=1S/C19H24ClN5O2/c1-12(18(26)24-11-14-9-15(20)17(22)23-10-14)25-19(27)16(21)8-7-13-5-3-2-4-6-13/h2-6,9-10,12,16H,7-8,11,21H2,1H3,(H2,22,23)(H,24,26)(H,25,27)/t12-,16+/m0/s1. The van der Waals surface area contributed by atoms with Crippen LogP contribution >= 0.6 is 11.6 Å². The highest BCUT2D eigenvalue weighted by atomic mass is 35.5. The van der Waals surface area contributed by atoms with E-state index in [1.54, 1.807) is 13.0 Å². The Kier molecular flexibility index (Phi) is 7.57. The fraction of sp³-hybridized carbons (Fsp3) is 0.316. The SMILES string of the molecule is C[C@H](NC(=O)[C@H](N)CCc1ccccc1)C(=O)NCc1cnc(N)c(Cl)c1. The summed E-state index contributed by atoms with van der Waals surface area (Å²) in [7, 11) is 0. The van der Waals surface area contributed by atoms with Gasteiger partial charge in [-0.3, -0.25) is 9.59 Å². The van der Waals surface area contributed by atoms with Crippen molar-refractivity contribution in [2.24, 2.45) is 5.73 Å². The maximum Gasteiger partial charge on any atom is 0.242 e. The van der Waals surface area contributed by atoms with Gasteiger partial charge < -0.3 is 22.1 Å². The van der Waals surface area contributed by atoms with E-state index >= 15 is 0 Å². The van der Waals surface area contributed by atoms with Crippen molar-refractivity contribution in [1.29, 1.82) is 0 Å². The predicted octanol–water partition coefficient (Wildman–Crippen LogP) is 1.40. The van der Waals surface area contributed by atoms with Gasteiger partial charge in [0.2, 0.25) is 11.8 Å². The third-order valence-electron chi connectivity index (χ3n) is 4.07. The Morgan fingerprint density at radius 3 is 2.56 bits per heavy atom. The van der Waals surface area contributed by atoms with Gasteiger partial charge >= 0.3 is 0 Å². The van der Waals surface area contributed by atoms with E-state index in [-0.39, 0.29) is 24.2 Å². The van der Waals surface area contributed by atoms with Crippen LogP contribution in [0.5, 0.6) is 0 Å². The Balaban J connectivity index is 1.76. The Morgan fingerprint density at radius 2 is 1.89 bits per heavy atom. The van der Waals surface area contributed by atoms with E-state index in [2.05, 4.69) is 15.6 Å². The first kappa shape index (κ1) is 20.7. The second-order valence-corrected chi connectivity index (χ2v) is 6.70. The number of amides is 2. The fourth-order valence-corrected chi connectivity index (χ4v) is 2.60. The number of anilines is 1. The zero-order valence-electron chi connectivity index (χ0n) is 15.1. The number of nitrogens with one attached hydrogen (secondary N) is 2. The normalized spacial score (nSPS) is 12.9. The smallest absolute Gasteiger partial charge is 0.242 e. The summed E-state index contributed by atoms with van der Waals surface area (Å²) in [6.07, 6.45) is 2.73. The molecule has 0 fully saturated rings. The van der Waals surface area contributed by atoms with Crippen LogP contribution in [0.2, 0.25) is 5.02 Å². The van der Waals surface area contributed by atoms with Crippen LogP contribution in [0.1, 0.15) is 24.5 Å². The molecule has 0 radical (unpaired) electrons. The average Bonchev–Trinajstić information content (AvgIpc) is 2.67. The van der Waals surface area contributed by atoms with Crippen molar-refractivity contribution in [2.75, 3.05) is 5.73 Å². The lowest BCUT2D eigenvalue weighted by Crippen LogP contribution is -2.50. The summed E-state index contributed by atoms with van der Waals surface area (Å²) in [5.74, 6) is -0.450. The van der Waals surface area contributed by atoms with Crippen LogP contribution < -0.4 is 22.1 Å². The third kappa shape index (κ3) is 6.54. The second kappa shape index (κ2) is 9.89. The molecule has 27 heavy (non-hydrogen) atoms. The van der Waals surface area contributed by atoms with Crippen LogP contribution in [0.3, 0.4) is 0 Å². The van der Waals surface area contributed by atoms with Crippen LogP contribution in [-0.4, -0.2) is 28.9 Å². The van der Waals surface area contributed by atoms with E-state index in [1.807, 2.05) is 30.3 Å². The topological polar surface area (TPSA) is 123 Å². The van der Waals surface area contributed by atoms with Crippen molar-refractivity contribution < 1.29 is 9.59 Å². The lowest BCUT2D eigenvalue weighted by Gasteiger charge is -2.17. The first-order valence-corrected chi connectivity index (χ1v) is 9.02. The van der Waals surface area contributed by atoms with Crippen molar-refractivity contribution in [1.82, 2.24) is 15.6 Å². The first-order valence-electron chi connectivity index (χ1n) is 8.64. The number of aryl methyl sites for hydroxylation is 1. The van der Waals surface area contributed by atoms with E-state index in [0.29, 0.717) is 23.4 Å². The predicted molar refractivity (Wildman–Crippen MR) is 106 cm³/mol. The second-order valence-electron chi connectivity index (χ2n) is 6.29. The van der Waals surface area contributed by atoms with Gasteiger partial charge in [-0.1, -0.05) is 41.9 Å². The van der Waals surface area contributed by atoms with Gasteiger partial charge in [-0.05, 0) is 37.0 Å². The molecule has 144 valence electrons. The summed E-state index contributed by atoms with van der Waals surface area (Å²) in [6.45, 7) is 1.83. The summed E-state index contributed by atoms with van der Waals surface area (Å²) in [5, 5.41) is 5.67. The summed E-state index contributed by atoms with van der Waals surface area (Å²) in [5.41, 5.74) is 13.3. The molecule has 7 nitrogen and oxygen atoms in total. The van der Waals surface area contributed by atoms with Gasteiger partial charge in [-0.15, -0.1) is 0 Å². The number of hydrogen-bond donors (Lipinski definition) is 4. The Labute approximate surface area is 163 Å². The number of rotatable bonds is 8. The average molecular weight is 390 g/mol. The highest BCUT2D eigenvalue weighted by Crippen LogP contribution is 2.16. The molecule has 2 amide bonds. The van der Waals surface area contributed by atoms with Crippen LogP contribution in [-0.2, 0) is 22.6 Å². The minimum absolute atomic E-state index is 0.228. The van der Waals surface area contributed by atoms with E-state index in [9.17, 15) is 9.59 Å². The molecule has 2 aromatic rings. The highest BCUT2D eigenvalue weighted by molar-refractivity contribution is 6.32. The van der Waals surface area contributed by atoms with E-state index in [1.165, 1.54) is 6.20 Å². The molecular formula is C19H24ClN5O2. The molecule has 0 bridgehead atoms. The highest BCUT2D eigenvalue weighted by Gasteiger charge is 2.20. The number of carbonyl (C=O) groups is 2. The van der Waals surface area contributed by atoms with Crippen LogP contribution in [0, 0.1) is 0 Å². The zero-order valence-corrected chi connectivity index (χ0v) is 15.9. The van der Waals surface area contributed by atoms with Crippen LogP contribution in [0.25, 0.3) is 0 Å². The molecule has 1 aromatic heterocycles. The third-order valence-corrected chi connectivity index (χ3v) is 4.37. The number of halogens is 1. The van der Waals surface area contributed by atoms with Gasteiger partial charge in [0.05, 0.1) is 11.1 Å². The zero-order chi connectivity index (χ0) is 19.8. The van der Waals surface area contributed by atoms with E-state index in [4.69, 9.17) is 23.1 Å². The van der Waals surface area contributed by atoms with Crippen LogP contribution in [0.15, 0.2) is 42.6 Å². The molecule has 0 saturated heterocycles. The van der Waals surface area contributed by atoms with Gasteiger partial charge in [-0.25, -0.2) is 4.98 Å². The Bertz CT molecular complexity index is 785. The maximum atomic E-state index is 12.2. The number of carbonyl (C=O) groups excluding carboxylic acids is 2. The number of benzene rings is 1. The number of nitrogens with zero attached hydrogens (tertiary/aromatic N) is 1. The van der Waals surface area contributed by atoms with E-state index in [0.717, 1.165) is 5.56 Å². The van der Waals surface area contributed by atoms with Crippen molar-refractivity contribution in [2.45, 2.75) is 38.4 Å². The van der Waals surface area contributed by atoms with Gasteiger partial charge in [0.15, 0.2) is 0 Å². The quantitative estimate of drug-likeness (QED) is 0.543. The molecular weight excluding hydrogens is 366 g/mol. The van der Waals surface area contributed by atoms with Gasteiger partial charge in [0.1, 0.15) is 11.9 Å². The summed E-state index contributed by atoms with van der Waals surface area (Å²) >= 11 is 5.90. The number of pyridine rings is 1. The van der Waals surface area contributed by atoms with Gasteiger partial charge in [-0.2, -0.15) is 0 Å². The van der Waals surface area contributed by atoms with Crippen molar-refractivity contribution in [3.8, 4) is 0 Å². The molecule has 2 atom stereocenters. The molecule has 0 spiro atoms. The summed E-state index contributed by atoms with van der Waals surface area (Å²) in [4.78, 5) is 28.3. The van der Waals surface area contributed by atoms with Crippen molar-refractivity contribution >= 4 is 29.2 Å². The molecule has 0 aliphatic carbocycles. The van der Waals surface area contributed by atoms with Gasteiger partial charge in [0, 0.05) is 12.7 Å². The van der Waals surface area contributed by atoms with Crippen molar-refractivity contribution in [3.05, 3.63) is 58.7 Å². The number of nitrogen functional groups attached to an aromatic ring is 1. The molecule has 0 aliphatic rings. The molecule has 0 saturated carbocycles. The molecule has 0 unspecified atom stereocenters. The molecule has 2 rings (SSSR count). The maximum absolute atomic E-state index is 12.2. The van der Waals surface area contributed by atoms with E-state index < -0.39 is 12.1 Å². The number of hydrogen-bond acceptors (Lipinski definition) is 5. The Hall–Kier alpha value is -2.64. The lowest BCUT2D eigenvalue weighted by molar-refractivity contribution is -0.129. The molecule has 8 heteroatoms. The van der Waals surface area contributed by atoms with Gasteiger partial charge in [0.25, 0.3) is 0 Å². The minimum atomic E-state index is -0.711. The summed E-state index contributed by atoms with van der Waals surface area (Å²) in [6, 6.07) is 10.0. The monoisotopic (exact) mass is 389 g/mol. The number of nitrogens with two attached hydrogens (primary N) is 2. The number of aromatic nitrogens is 1. The summed E-state index contributed by atoms with van der Waals surface area (Å²) < 4.78 is 0. The first-order chi connectivity index (χ1) is 12.9. The molecule has 0 aliphatic heterocycles. The molecule has 6 N–H and O–H groups in total. The fourth-order valence-electron chi connectivity index (χ4n) is 2.41. The minimum Gasteiger partial charge on any atom is -0.382 e. The van der Waals surface area contributed by atoms with Crippen molar-refractivity contribution in [3.63, 3.8) is 0 Å². The lowest BCUT2D eigenvalue weighted by atomic mass is 10.1. The Morgan fingerprint density at radius 1 is 1.19 bits per heavy atom. The van der Waals surface area contributed by atoms with Crippen LogP contribution in [0.4, 0.5) is 5.82 Å². The molecule has 1 heterocycles. The largest absolute Gasteiger partial charge is 0.382 e.